The fraction of sp³-hybridized carbons (Fsp3) is 0.286. The first-order valence-electron chi connectivity index (χ1n) is 8.39. The van der Waals surface area contributed by atoms with Gasteiger partial charge in [-0.3, -0.25) is 0 Å². The predicted molar refractivity (Wildman–Crippen MR) is 103 cm³/mol. The van der Waals surface area contributed by atoms with Crippen molar-refractivity contribution in [3.8, 4) is 0 Å². The molecule has 0 fully saturated rings. The second kappa shape index (κ2) is 7.73. The van der Waals surface area contributed by atoms with Crippen LogP contribution < -0.4 is 5.32 Å². The molecule has 2 aromatic carbocycles. The predicted octanol–water partition coefficient (Wildman–Crippen LogP) is 5.20. The fourth-order valence-electron chi connectivity index (χ4n) is 2.88. The van der Waals surface area contributed by atoms with E-state index in [1.165, 1.54) is 27.3 Å². The largest absolute Gasteiger partial charge is 0.305 e. The quantitative estimate of drug-likeness (QED) is 0.669. The first-order chi connectivity index (χ1) is 11.6. The number of aromatic nitrogens is 1. The second-order valence-corrected chi connectivity index (χ2v) is 7.30. The lowest BCUT2D eigenvalue weighted by molar-refractivity contribution is 0.566. The van der Waals surface area contributed by atoms with Crippen molar-refractivity contribution in [2.45, 2.75) is 39.8 Å². The van der Waals surface area contributed by atoms with E-state index in [0.29, 0.717) is 6.04 Å². The van der Waals surface area contributed by atoms with Crippen molar-refractivity contribution >= 4 is 11.3 Å². The van der Waals surface area contributed by atoms with Crippen LogP contribution in [0.15, 0.2) is 53.9 Å². The summed E-state index contributed by atoms with van der Waals surface area (Å²) in [5, 5.41) is 6.95. The molecule has 124 valence electrons. The minimum atomic E-state index is 0.323. The SMILES string of the molecule is Cc1ccc(C)c([C@@H](C)NCc2csc(Cc3ccccc3)n2)c1. The van der Waals surface area contributed by atoms with E-state index in [2.05, 4.69) is 80.0 Å². The molecule has 0 saturated carbocycles. The molecule has 1 aromatic heterocycles. The zero-order valence-corrected chi connectivity index (χ0v) is 15.4. The van der Waals surface area contributed by atoms with Gasteiger partial charge in [-0.05, 0) is 37.5 Å². The Morgan fingerprint density at radius 3 is 2.67 bits per heavy atom. The average Bonchev–Trinajstić information content (AvgIpc) is 3.03. The molecule has 0 amide bonds. The van der Waals surface area contributed by atoms with Crippen LogP contribution in [0.5, 0.6) is 0 Å². The van der Waals surface area contributed by atoms with E-state index in [4.69, 9.17) is 4.98 Å². The highest BCUT2D eigenvalue weighted by Gasteiger charge is 2.10. The third-order valence-electron chi connectivity index (χ3n) is 4.29. The summed E-state index contributed by atoms with van der Waals surface area (Å²) in [7, 11) is 0. The standard InChI is InChI=1S/C21H24N2S/c1-15-9-10-16(2)20(11-15)17(3)22-13-19-14-24-21(23-19)12-18-7-5-4-6-8-18/h4-11,14,17,22H,12-13H2,1-3H3/t17-/m1/s1. The molecule has 1 N–H and O–H groups in total. The van der Waals surface area contributed by atoms with Crippen LogP contribution in [0.25, 0.3) is 0 Å². The maximum absolute atomic E-state index is 4.77. The van der Waals surface area contributed by atoms with Gasteiger partial charge in [0.2, 0.25) is 0 Å². The van der Waals surface area contributed by atoms with Crippen molar-refractivity contribution in [3.05, 3.63) is 86.9 Å². The maximum atomic E-state index is 4.77. The number of hydrogen-bond donors (Lipinski definition) is 1. The average molecular weight is 337 g/mol. The van der Waals surface area contributed by atoms with E-state index in [1.807, 2.05) is 0 Å². The Morgan fingerprint density at radius 1 is 1.08 bits per heavy atom. The van der Waals surface area contributed by atoms with E-state index in [9.17, 15) is 0 Å². The van der Waals surface area contributed by atoms with E-state index < -0.39 is 0 Å². The summed E-state index contributed by atoms with van der Waals surface area (Å²) in [6, 6.07) is 17.5. The molecular weight excluding hydrogens is 312 g/mol. The molecule has 1 atom stereocenters. The van der Waals surface area contributed by atoms with E-state index in [-0.39, 0.29) is 0 Å². The van der Waals surface area contributed by atoms with Gasteiger partial charge in [-0.2, -0.15) is 0 Å². The molecule has 0 unspecified atom stereocenters. The highest BCUT2D eigenvalue weighted by Crippen LogP contribution is 2.20. The smallest absolute Gasteiger partial charge is 0.0972 e. The van der Waals surface area contributed by atoms with Crippen molar-refractivity contribution in [1.29, 1.82) is 0 Å². The topological polar surface area (TPSA) is 24.9 Å². The van der Waals surface area contributed by atoms with Gasteiger partial charge in [0, 0.05) is 24.4 Å². The van der Waals surface area contributed by atoms with Gasteiger partial charge in [-0.1, -0.05) is 54.1 Å². The molecule has 24 heavy (non-hydrogen) atoms. The lowest BCUT2D eigenvalue weighted by atomic mass is 10.00. The zero-order chi connectivity index (χ0) is 16.9. The van der Waals surface area contributed by atoms with Crippen molar-refractivity contribution in [2.75, 3.05) is 0 Å². The van der Waals surface area contributed by atoms with Gasteiger partial charge in [0.1, 0.15) is 0 Å². The summed E-state index contributed by atoms with van der Waals surface area (Å²) in [5.41, 5.74) is 6.46. The molecule has 2 nitrogen and oxygen atoms in total. The molecule has 0 radical (unpaired) electrons. The summed E-state index contributed by atoms with van der Waals surface area (Å²) in [4.78, 5) is 4.77. The van der Waals surface area contributed by atoms with Gasteiger partial charge < -0.3 is 5.32 Å². The van der Waals surface area contributed by atoms with Crippen molar-refractivity contribution < 1.29 is 0 Å². The third-order valence-corrected chi connectivity index (χ3v) is 5.19. The fourth-order valence-corrected chi connectivity index (χ4v) is 3.70. The highest BCUT2D eigenvalue weighted by atomic mass is 32.1. The molecule has 0 spiro atoms. The first-order valence-corrected chi connectivity index (χ1v) is 9.27. The number of benzene rings is 2. The normalized spacial score (nSPS) is 12.3. The summed E-state index contributed by atoms with van der Waals surface area (Å²) in [6.07, 6.45) is 0.915. The minimum absolute atomic E-state index is 0.323. The van der Waals surface area contributed by atoms with Crippen molar-refractivity contribution in [1.82, 2.24) is 10.3 Å². The van der Waals surface area contributed by atoms with Crippen LogP contribution in [-0.2, 0) is 13.0 Å². The number of nitrogens with one attached hydrogen (secondary N) is 1. The van der Waals surface area contributed by atoms with Crippen LogP contribution in [0.4, 0.5) is 0 Å². The summed E-state index contributed by atoms with van der Waals surface area (Å²) >= 11 is 1.75. The van der Waals surface area contributed by atoms with Gasteiger partial charge in [-0.15, -0.1) is 11.3 Å². The minimum Gasteiger partial charge on any atom is -0.305 e. The van der Waals surface area contributed by atoms with Crippen molar-refractivity contribution in [2.24, 2.45) is 0 Å². The van der Waals surface area contributed by atoms with Crippen LogP contribution in [0.3, 0.4) is 0 Å². The molecule has 3 heteroatoms. The van der Waals surface area contributed by atoms with E-state index in [0.717, 1.165) is 18.7 Å². The number of aryl methyl sites for hydroxylation is 2. The second-order valence-electron chi connectivity index (χ2n) is 6.36. The van der Waals surface area contributed by atoms with E-state index >= 15 is 0 Å². The summed E-state index contributed by atoms with van der Waals surface area (Å²) in [6.45, 7) is 7.35. The Kier molecular flexibility index (Phi) is 5.44. The van der Waals surface area contributed by atoms with Crippen LogP contribution in [0.2, 0.25) is 0 Å². The number of nitrogens with zero attached hydrogens (tertiary/aromatic N) is 1. The molecule has 0 aliphatic carbocycles. The lowest BCUT2D eigenvalue weighted by Crippen LogP contribution is -2.19. The van der Waals surface area contributed by atoms with Crippen LogP contribution >= 0.6 is 11.3 Å². The Morgan fingerprint density at radius 2 is 1.88 bits per heavy atom. The molecule has 0 bridgehead atoms. The molecule has 0 saturated heterocycles. The highest BCUT2D eigenvalue weighted by molar-refractivity contribution is 7.09. The molecule has 3 rings (SSSR count). The molecular formula is C21H24N2S. The van der Waals surface area contributed by atoms with Gasteiger partial charge in [0.15, 0.2) is 0 Å². The summed E-state index contributed by atoms with van der Waals surface area (Å²) < 4.78 is 0. The van der Waals surface area contributed by atoms with Gasteiger partial charge >= 0.3 is 0 Å². The number of hydrogen-bond acceptors (Lipinski definition) is 3. The Balaban J connectivity index is 1.60. The lowest BCUT2D eigenvalue weighted by Gasteiger charge is -2.16. The van der Waals surface area contributed by atoms with Crippen LogP contribution in [0.1, 0.15) is 45.9 Å². The Hall–Kier alpha value is -1.97. The van der Waals surface area contributed by atoms with Gasteiger partial charge in [0.25, 0.3) is 0 Å². The molecule has 0 aliphatic heterocycles. The Bertz CT molecular complexity index is 793. The zero-order valence-electron chi connectivity index (χ0n) is 14.5. The number of thiazole rings is 1. The van der Waals surface area contributed by atoms with Crippen molar-refractivity contribution in [3.63, 3.8) is 0 Å². The maximum Gasteiger partial charge on any atom is 0.0972 e. The molecule has 1 heterocycles. The number of rotatable bonds is 6. The summed E-state index contributed by atoms with van der Waals surface area (Å²) in [5.74, 6) is 0. The van der Waals surface area contributed by atoms with Crippen LogP contribution in [0, 0.1) is 13.8 Å². The monoisotopic (exact) mass is 336 g/mol. The van der Waals surface area contributed by atoms with Gasteiger partial charge in [0.05, 0.1) is 10.7 Å². The molecule has 0 aliphatic rings. The Labute approximate surface area is 148 Å². The van der Waals surface area contributed by atoms with Crippen LogP contribution in [-0.4, -0.2) is 4.98 Å². The van der Waals surface area contributed by atoms with E-state index in [1.54, 1.807) is 11.3 Å². The molecule has 3 aromatic rings. The third kappa shape index (κ3) is 4.31. The van der Waals surface area contributed by atoms with Gasteiger partial charge in [-0.25, -0.2) is 4.98 Å². The first kappa shape index (κ1) is 16.9.